The first-order chi connectivity index (χ1) is 5.74. The maximum Gasteiger partial charge on any atom is 0.160 e. The monoisotopic (exact) mass is 167 g/mol. The number of hydrogen-bond acceptors (Lipinski definition) is 3. The Morgan fingerprint density at radius 1 is 1.67 bits per heavy atom. The van der Waals surface area contributed by atoms with Crippen LogP contribution in [0.2, 0.25) is 0 Å². The summed E-state index contributed by atoms with van der Waals surface area (Å²) in [6.45, 7) is 5.74. The molecule has 1 aromatic rings. The molecular formula is C9H13NO2. The molecule has 0 fully saturated rings. The van der Waals surface area contributed by atoms with E-state index < -0.39 is 6.10 Å². The summed E-state index contributed by atoms with van der Waals surface area (Å²) in [6.07, 6.45) is 3.98. The predicted molar refractivity (Wildman–Crippen MR) is 46.4 cm³/mol. The molecule has 0 saturated carbocycles. The van der Waals surface area contributed by atoms with Crippen LogP contribution in [-0.4, -0.2) is 10.3 Å². The first-order valence-corrected chi connectivity index (χ1v) is 3.81. The van der Waals surface area contributed by atoms with Crippen LogP contribution in [0, 0.1) is 19.3 Å². The van der Waals surface area contributed by atoms with Crippen molar-refractivity contribution in [1.29, 1.82) is 0 Å². The second-order valence-electron chi connectivity index (χ2n) is 1.93. The van der Waals surface area contributed by atoms with Crippen LogP contribution in [-0.2, 0) is 0 Å². The molecule has 1 aromatic heterocycles. The first kappa shape index (κ1) is 10.7. The molecule has 0 aliphatic heterocycles. The molecule has 0 aliphatic rings. The van der Waals surface area contributed by atoms with Gasteiger partial charge in [-0.15, -0.1) is 6.42 Å². The third-order valence-electron chi connectivity index (χ3n) is 1.08. The summed E-state index contributed by atoms with van der Waals surface area (Å²) in [5.41, 5.74) is 0.389. The highest BCUT2D eigenvalue weighted by Crippen LogP contribution is 2.10. The molecule has 1 heterocycles. The van der Waals surface area contributed by atoms with Crippen LogP contribution in [0.15, 0.2) is 10.6 Å². The standard InChI is InChI=1S/C7H7NO2.C2H6/c1-3-7(9)6-4-5(2)10-8-6;1-2/h1,4,7,9H,2H3;1-2H3. The summed E-state index contributed by atoms with van der Waals surface area (Å²) >= 11 is 0. The number of aliphatic hydroxyl groups is 1. The summed E-state index contributed by atoms with van der Waals surface area (Å²) < 4.78 is 4.68. The molecule has 0 saturated heterocycles. The van der Waals surface area contributed by atoms with E-state index in [0.717, 1.165) is 0 Å². The minimum atomic E-state index is -0.947. The van der Waals surface area contributed by atoms with Crippen molar-refractivity contribution < 1.29 is 9.63 Å². The molecule has 0 aromatic carbocycles. The van der Waals surface area contributed by atoms with Crippen LogP contribution in [0.5, 0.6) is 0 Å². The average molecular weight is 167 g/mol. The zero-order chi connectivity index (χ0) is 9.56. The van der Waals surface area contributed by atoms with Crippen molar-refractivity contribution in [2.75, 3.05) is 0 Å². The van der Waals surface area contributed by atoms with E-state index >= 15 is 0 Å². The maximum absolute atomic E-state index is 8.98. The molecular weight excluding hydrogens is 154 g/mol. The molecule has 1 N–H and O–H groups in total. The third-order valence-corrected chi connectivity index (χ3v) is 1.08. The van der Waals surface area contributed by atoms with Gasteiger partial charge in [-0.25, -0.2) is 0 Å². The van der Waals surface area contributed by atoms with Crippen molar-refractivity contribution in [3.8, 4) is 12.3 Å². The van der Waals surface area contributed by atoms with Gasteiger partial charge in [-0.3, -0.25) is 0 Å². The Balaban J connectivity index is 0.000000561. The van der Waals surface area contributed by atoms with Crippen molar-refractivity contribution in [2.24, 2.45) is 0 Å². The van der Waals surface area contributed by atoms with Gasteiger partial charge in [0.1, 0.15) is 11.5 Å². The smallest absolute Gasteiger partial charge is 0.160 e. The van der Waals surface area contributed by atoms with E-state index in [9.17, 15) is 0 Å². The van der Waals surface area contributed by atoms with E-state index in [0.29, 0.717) is 11.5 Å². The van der Waals surface area contributed by atoms with Crippen molar-refractivity contribution in [1.82, 2.24) is 5.16 Å². The molecule has 1 unspecified atom stereocenters. The SMILES string of the molecule is C#CC(O)c1cc(C)on1.CC. The molecule has 0 radical (unpaired) electrons. The summed E-state index contributed by atoms with van der Waals surface area (Å²) in [4.78, 5) is 0. The van der Waals surface area contributed by atoms with E-state index in [-0.39, 0.29) is 0 Å². The van der Waals surface area contributed by atoms with Gasteiger partial charge >= 0.3 is 0 Å². The van der Waals surface area contributed by atoms with E-state index in [1.54, 1.807) is 13.0 Å². The second-order valence-corrected chi connectivity index (χ2v) is 1.93. The number of rotatable bonds is 1. The Kier molecular flexibility index (Phi) is 4.82. The lowest BCUT2D eigenvalue weighted by atomic mass is 10.2. The zero-order valence-corrected chi connectivity index (χ0v) is 7.53. The van der Waals surface area contributed by atoms with Crippen LogP contribution in [0.25, 0.3) is 0 Å². The molecule has 3 nitrogen and oxygen atoms in total. The molecule has 12 heavy (non-hydrogen) atoms. The van der Waals surface area contributed by atoms with E-state index in [1.807, 2.05) is 13.8 Å². The Morgan fingerprint density at radius 2 is 2.25 bits per heavy atom. The van der Waals surface area contributed by atoms with Gasteiger partial charge in [0.25, 0.3) is 0 Å². The Bertz CT molecular complexity index is 260. The molecule has 0 aliphatic carbocycles. The van der Waals surface area contributed by atoms with E-state index in [4.69, 9.17) is 11.5 Å². The lowest BCUT2D eigenvalue weighted by molar-refractivity contribution is 0.225. The Labute approximate surface area is 72.4 Å². The number of aromatic nitrogens is 1. The number of hydrogen-bond donors (Lipinski definition) is 1. The molecule has 66 valence electrons. The molecule has 1 atom stereocenters. The van der Waals surface area contributed by atoms with Crippen molar-refractivity contribution >= 4 is 0 Å². The van der Waals surface area contributed by atoms with E-state index in [2.05, 4.69) is 15.6 Å². The van der Waals surface area contributed by atoms with Crippen molar-refractivity contribution in [3.63, 3.8) is 0 Å². The van der Waals surface area contributed by atoms with Crippen LogP contribution < -0.4 is 0 Å². The first-order valence-electron chi connectivity index (χ1n) is 3.81. The van der Waals surface area contributed by atoms with Gasteiger partial charge in [0.15, 0.2) is 6.10 Å². The quantitative estimate of drug-likeness (QED) is 0.647. The highest BCUT2D eigenvalue weighted by molar-refractivity contribution is 5.14. The number of aryl methyl sites for hydroxylation is 1. The Hall–Kier alpha value is -1.27. The maximum atomic E-state index is 8.98. The lowest BCUT2D eigenvalue weighted by Crippen LogP contribution is -1.91. The van der Waals surface area contributed by atoms with Crippen LogP contribution in [0.4, 0.5) is 0 Å². The highest BCUT2D eigenvalue weighted by atomic mass is 16.5. The molecule has 1 rings (SSSR count). The summed E-state index contributed by atoms with van der Waals surface area (Å²) in [6, 6.07) is 1.60. The van der Waals surface area contributed by atoms with Crippen molar-refractivity contribution in [2.45, 2.75) is 26.9 Å². The van der Waals surface area contributed by atoms with E-state index in [1.165, 1.54) is 0 Å². The predicted octanol–water partition coefficient (Wildman–Crippen LogP) is 1.68. The average Bonchev–Trinajstić information content (AvgIpc) is 2.54. The summed E-state index contributed by atoms with van der Waals surface area (Å²) in [5, 5.41) is 12.5. The van der Waals surface area contributed by atoms with Gasteiger partial charge in [-0.1, -0.05) is 24.9 Å². The van der Waals surface area contributed by atoms with Gasteiger partial charge in [0.05, 0.1) is 0 Å². The van der Waals surface area contributed by atoms with Gasteiger partial charge in [0.2, 0.25) is 0 Å². The molecule has 0 bridgehead atoms. The largest absolute Gasteiger partial charge is 0.374 e. The van der Waals surface area contributed by atoms with Gasteiger partial charge in [0, 0.05) is 6.07 Å². The second kappa shape index (κ2) is 5.39. The minimum absolute atomic E-state index is 0.389. The van der Waals surface area contributed by atoms with Gasteiger partial charge in [-0.05, 0) is 6.92 Å². The van der Waals surface area contributed by atoms with Crippen molar-refractivity contribution in [3.05, 3.63) is 17.5 Å². The number of terminal acetylenes is 1. The van der Waals surface area contributed by atoms with Gasteiger partial charge in [-0.2, -0.15) is 0 Å². The van der Waals surface area contributed by atoms with Gasteiger partial charge < -0.3 is 9.63 Å². The molecule has 3 heteroatoms. The zero-order valence-electron chi connectivity index (χ0n) is 7.53. The minimum Gasteiger partial charge on any atom is -0.374 e. The fourth-order valence-corrected chi connectivity index (χ4v) is 0.600. The fraction of sp³-hybridized carbons (Fsp3) is 0.444. The third kappa shape index (κ3) is 2.77. The lowest BCUT2D eigenvalue weighted by Gasteiger charge is -1.92. The fourth-order valence-electron chi connectivity index (χ4n) is 0.600. The summed E-state index contributed by atoms with van der Waals surface area (Å²) in [7, 11) is 0. The van der Waals surface area contributed by atoms with Crippen LogP contribution in [0.3, 0.4) is 0 Å². The number of nitrogens with zero attached hydrogens (tertiary/aromatic N) is 1. The topological polar surface area (TPSA) is 46.3 Å². The number of aliphatic hydroxyl groups excluding tert-OH is 1. The summed E-state index contributed by atoms with van der Waals surface area (Å²) in [5.74, 6) is 2.77. The molecule has 0 amide bonds. The Morgan fingerprint density at radius 3 is 2.58 bits per heavy atom. The highest BCUT2D eigenvalue weighted by Gasteiger charge is 2.07. The normalized spacial score (nSPS) is 10.9. The molecule has 0 spiro atoms. The van der Waals surface area contributed by atoms with Crippen LogP contribution >= 0.6 is 0 Å². The van der Waals surface area contributed by atoms with Crippen LogP contribution in [0.1, 0.15) is 31.4 Å².